The van der Waals surface area contributed by atoms with Crippen molar-refractivity contribution in [2.45, 2.75) is 48.9 Å². The molecule has 1 heterocycles. The Morgan fingerprint density at radius 3 is 2.67 bits per heavy atom. The number of hydrogen-bond acceptors (Lipinski definition) is 6. The van der Waals surface area contributed by atoms with Crippen molar-refractivity contribution in [3.8, 4) is 0 Å². The molecule has 0 bridgehead atoms. The lowest BCUT2D eigenvalue weighted by Crippen LogP contribution is -2.37. The molecule has 8 heteroatoms. The Morgan fingerprint density at radius 2 is 1.80 bits per heavy atom. The maximum Gasteiger partial charge on any atom is 0.230 e. The number of hydrogen-bond donors (Lipinski definition) is 2. The van der Waals surface area contributed by atoms with Gasteiger partial charge in [-0.05, 0) is 29.2 Å². The highest BCUT2D eigenvalue weighted by Crippen LogP contribution is 2.26. The van der Waals surface area contributed by atoms with Crippen molar-refractivity contribution in [1.29, 1.82) is 0 Å². The maximum absolute atomic E-state index is 12.5. The summed E-state index contributed by atoms with van der Waals surface area (Å²) in [5.74, 6) is 0.215. The van der Waals surface area contributed by atoms with Gasteiger partial charge in [-0.2, -0.15) is 0 Å². The second kappa shape index (κ2) is 10.0. The molecule has 0 spiro atoms. The van der Waals surface area contributed by atoms with Gasteiger partial charge in [-0.15, -0.1) is 10.2 Å². The summed E-state index contributed by atoms with van der Waals surface area (Å²) >= 11 is 2.64. The molecule has 1 fully saturated rings. The molecular weight excluding hydrogens is 416 g/mol. The van der Waals surface area contributed by atoms with Crippen molar-refractivity contribution in [1.82, 2.24) is 15.5 Å². The summed E-state index contributed by atoms with van der Waals surface area (Å²) in [6.45, 7) is 0. The molecule has 0 unspecified atom stereocenters. The molecule has 1 aliphatic rings. The molecule has 0 aliphatic heterocycles. The molecule has 2 N–H and O–H groups in total. The fourth-order valence-corrected chi connectivity index (χ4v) is 5.32. The van der Waals surface area contributed by atoms with Gasteiger partial charge in [-0.25, -0.2) is 0 Å². The highest BCUT2D eigenvalue weighted by atomic mass is 32.2. The SMILES string of the molecule is O=C(Cc1cccc2ccccc12)Nc1nnc(SCC(=O)NC2CCCCC2)s1. The average molecular weight is 441 g/mol. The highest BCUT2D eigenvalue weighted by molar-refractivity contribution is 8.01. The largest absolute Gasteiger partial charge is 0.353 e. The molecule has 0 atom stereocenters. The van der Waals surface area contributed by atoms with Crippen LogP contribution in [0, 0.1) is 0 Å². The average Bonchev–Trinajstić information content (AvgIpc) is 3.20. The lowest BCUT2D eigenvalue weighted by molar-refractivity contribution is -0.119. The Kier molecular flexibility index (Phi) is 6.96. The normalized spacial score (nSPS) is 14.5. The van der Waals surface area contributed by atoms with E-state index in [1.807, 2.05) is 42.5 Å². The van der Waals surface area contributed by atoms with Crippen molar-refractivity contribution in [3.05, 3.63) is 48.0 Å². The topological polar surface area (TPSA) is 84.0 Å². The zero-order chi connectivity index (χ0) is 20.8. The van der Waals surface area contributed by atoms with Crippen LogP contribution in [0.25, 0.3) is 10.8 Å². The van der Waals surface area contributed by atoms with E-state index in [1.54, 1.807) is 0 Å². The fourth-order valence-electron chi connectivity index (χ4n) is 3.75. The Hall–Kier alpha value is -2.45. The zero-order valence-corrected chi connectivity index (χ0v) is 18.2. The van der Waals surface area contributed by atoms with E-state index in [1.165, 1.54) is 42.4 Å². The van der Waals surface area contributed by atoms with Crippen LogP contribution in [0.1, 0.15) is 37.7 Å². The smallest absolute Gasteiger partial charge is 0.230 e. The molecule has 0 saturated heterocycles. The second-order valence-corrected chi connectivity index (χ2v) is 9.63. The summed E-state index contributed by atoms with van der Waals surface area (Å²) in [7, 11) is 0. The first-order chi connectivity index (χ1) is 14.7. The molecule has 156 valence electrons. The van der Waals surface area contributed by atoms with Crippen LogP contribution in [0.4, 0.5) is 5.13 Å². The van der Waals surface area contributed by atoms with Gasteiger partial charge < -0.3 is 10.6 Å². The van der Waals surface area contributed by atoms with Gasteiger partial charge in [-0.1, -0.05) is 84.8 Å². The summed E-state index contributed by atoms with van der Waals surface area (Å²) < 4.78 is 0.675. The van der Waals surface area contributed by atoms with Gasteiger partial charge in [0.25, 0.3) is 0 Å². The van der Waals surface area contributed by atoms with E-state index in [2.05, 4.69) is 20.8 Å². The van der Waals surface area contributed by atoms with Gasteiger partial charge in [-0.3, -0.25) is 9.59 Å². The zero-order valence-electron chi connectivity index (χ0n) is 16.6. The van der Waals surface area contributed by atoms with E-state index < -0.39 is 0 Å². The van der Waals surface area contributed by atoms with Gasteiger partial charge in [0.2, 0.25) is 16.9 Å². The number of nitrogens with one attached hydrogen (secondary N) is 2. The third-order valence-electron chi connectivity index (χ3n) is 5.18. The van der Waals surface area contributed by atoms with Crippen LogP contribution >= 0.6 is 23.1 Å². The van der Waals surface area contributed by atoms with Crippen LogP contribution in [0.15, 0.2) is 46.8 Å². The minimum absolute atomic E-state index is 0.0311. The number of carbonyl (C=O) groups excluding carboxylic acids is 2. The maximum atomic E-state index is 12.5. The third kappa shape index (κ3) is 5.58. The Bertz CT molecular complexity index is 1030. The first kappa shape index (κ1) is 20.8. The van der Waals surface area contributed by atoms with Crippen molar-refractivity contribution in [3.63, 3.8) is 0 Å². The van der Waals surface area contributed by atoms with Gasteiger partial charge in [0.1, 0.15) is 0 Å². The number of anilines is 1. The van der Waals surface area contributed by atoms with Crippen LogP contribution in [0.5, 0.6) is 0 Å². The summed E-state index contributed by atoms with van der Waals surface area (Å²) in [6.07, 6.45) is 6.06. The van der Waals surface area contributed by atoms with E-state index in [0.29, 0.717) is 21.3 Å². The van der Waals surface area contributed by atoms with Crippen molar-refractivity contribution >= 4 is 50.8 Å². The number of benzene rings is 2. The second-order valence-electron chi connectivity index (χ2n) is 7.43. The summed E-state index contributed by atoms with van der Waals surface area (Å²) in [5, 5.41) is 16.7. The quantitative estimate of drug-likeness (QED) is 0.420. The van der Waals surface area contributed by atoms with E-state index in [-0.39, 0.29) is 18.2 Å². The molecule has 2 amide bonds. The molecule has 2 aromatic carbocycles. The van der Waals surface area contributed by atoms with Crippen molar-refractivity contribution < 1.29 is 9.59 Å². The van der Waals surface area contributed by atoms with E-state index in [0.717, 1.165) is 29.2 Å². The Morgan fingerprint density at radius 1 is 1.00 bits per heavy atom. The van der Waals surface area contributed by atoms with Crippen LogP contribution in [-0.2, 0) is 16.0 Å². The lowest BCUT2D eigenvalue weighted by atomic mass is 9.95. The highest BCUT2D eigenvalue weighted by Gasteiger charge is 2.17. The predicted molar refractivity (Wildman–Crippen MR) is 122 cm³/mol. The van der Waals surface area contributed by atoms with E-state index in [4.69, 9.17) is 0 Å². The number of thioether (sulfide) groups is 1. The monoisotopic (exact) mass is 440 g/mol. The molecule has 4 rings (SSSR count). The molecular formula is C22H24N4O2S2. The van der Waals surface area contributed by atoms with Crippen molar-refractivity contribution in [2.75, 3.05) is 11.1 Å². The van der Waals surface area contributed by atoms with Gasteiger partial charge in [0, 0.05) is 6.04 Å². The molecule has 1 saturated carbocycles. The number of nitrogens with zero attached hydrogens (tertiary/aromatic N) is 2. The standard InChI is InChI=1S/C22H24N4O2S2/c27-19(13-16-9-6-8-15-7-4-5-12-18(15)16)24-21-25-26-22(30-21)29-14-20(28)23-17-10-2-1-3-11-17/h4-9,12,17H,1-3,10-11,13-14H2,(H,23,28)(H,24,25,27). The summed E-state index contributed by atoms with van der Waals surface area (Å²) in [4.78, 5) is 24.6. The molecule has 6 nitrogen and oxygen atoms in total. The van der Waals surface area contributed by atoms with Crippen molar-refractivity contribution in [2.24, 2.45) is 0 Å². The van der Waals surface area contributed by atoms with Crippen LogP contribution in [0.2, 0.25) is 0 Å². The predicted octanol–water partition coefficient (Wildman–Crippen LogP) is 4.41. The van der Waals surface area contributed by atoms with Crippen LogP contribution in [-0.4, -0.2) is 33.8 Å². The number of amides is 2. The first-order valence-electron chi connectivity index (χ1n) is 10.2. The number of aromatic nitrogens is 2. The van der Waals surface area contributed by atoms with Crippen LogP contribution < -0.4 is 10.6 Å². The first-order valence-corrected chi connectivity index (χ1v) is 12.0. The van der Waals surface area contributed by atoms with Gasteiger partial charge in [0.15, 0.2) is 4.34 Å². The lowest BCUT2D eigenvalue weighted by Gasteiger charge is -2.22. The number of carbonyl (C=O) groups is 2. The molecule has 0 radical (unpaired) electrons. The molecule has 3 aromatic rings. The minimum atomic E-state index is -0.130. The molecule has 1 aromatic heterocycles. The number of rotatable bonds is 7. The number of fused-ring (bicyclic) bond motifs is 1. The van der Waals surface area contributed by atoms with E-state index in [9.17, 15) is 9.59 Å². The Labute approximate surface area is 183 Å². The van der Waals surface area contributed by atoms with Crippen LogP contribution in [0.3, 0.4) is 0 Å². The molecule has 30 heavy (non-hydrogen) atoms. The minimum Gasteiger partial charge on any atom is -0.353 e. The summed E-state index contributed by atoms with van der Waals surface area (Å²) in [6, 6.07) is 14.3. The Balaban J connectivity index is 1.27. The van der Waals surface area contributed by atoms with Gasteiger partial charge in [0.05, 0.1) is 12.2 Å². The van der Waals surface area contributed by atoms with E-state index >= 15 is 0 Å². The van der Waals surface area contributed by atoms with Gasteiger partial charge >= 0.3 is 0 Å². The molecule has 1 aliphatic carbocycles. The summed E-state index contributed by atoms with van der Waals surface area (Å²) in [5.41, 5.74) is 0.976. The fraction of sp³-hybridized carbons (Fsp3) is 0.364. The third-order valence-corrected chi connectivity index (χ3v) is 7.15.